The number of nitrogens with one attached hydrogen (secondary N) is 1. The third kappa shape index (κ3) is 4.38. The van der Waals surface area contributed by atoms with Crippen molar-refractivity contribution in [3.8, 4) is 5.75 Å². The number of hydrogen-bond acceptors (Lipinski definition) is 5. The molecule has 0 fully saturated rings. The van der Waals surface area contributed by atoms with Crippen LogP contribution < -0.4 is 15.7 Å². The van der Waals surface area contributed by atoms with Gasteiger partial charge >= 0.3 is 5.63 Å². The van der Waals surface area contributed by atoms with Gasteiger partial charge in [0.2, 0.25) is 0 Å². The van der Waals surface area contributed by atoms with Crippen LogP contribution in [0.1, 0.15) is 22.0 Å². The van der Waals surface area contributed by atoms with E-state index in [0.717, 1.165) is 21.4 Å². The van der Waals surface area contributed by atoms with E-state index in [-0.39, 0.29) is 18.6 Å². The molecule has 29 heavy (non-hydrogen) atoms. The van der Waals surface area contributed by atoms with Gasteiger partial charge < -0.3 is 14.5 Å². The van der Waals surface area contributed by atoms with Crippen LogP contribution in [0.25, 0.3) is 11.0 Å². The van der Waals surface area contributed by atoms with E-state index in [0.29, 0.717) is 11.3 Å². The SMILES string of the molecule is Cc1cc(=O)oc2cc(OCC(=O)N[C@@H](c3ccccc3)c3cccs3)ccc12. The second-order valence-electron chi connectivity index (χ2n) is 6.62. The van der Waals surface area contributed by atoms with Gasteiger partial charge in [0.05, 0.1) is 6.04 Å². The van der Waals surface area contributed by atoms with Crippen molar-refractivity contribution >= 4 is 28.2 Å². The van der Waals surface area contributed by atoms with Crippen LogP contribution >= 0.6 is 11.3 Å². The minimum absolute atomic E-state index is 0.143. The number of aryl methyl sites for hydroxylation is 1. The molecule has 2 aromatic carbocycles. The van der Waals surface area contributed by atoms with Gasteiger partial charge in [-0.1, -0.05) is 36.4 Å². The van der Waals surface area contributed by atoms with Gasteiger partial charge in [-0.2, -0.15) is 0 Å². The van der Waals surface area contributed by atoms with E-state index in [9.17, 15) is 9.59 Å². The van der Waals surface area contributed by atoms with Crippen molar-refractivity contribution in [1.29, 1.82) is 0 Å². The van der Waals surface area contributed by atoms with Crippen molar-refractivity contribution in [1.82, 2.24) is 5.32 Å². The van der Waals surface area contributed by atoms with E-state index in [4.69, 9.17) is 9.15 Å². The summed E-state index contributed by atoms with van der Waals surface area (Å²) >= 11 is 1.59. The van der Waals surface area contributed by atoms with Crippen LogP contribution in [-0.4, -0.2) is 12.5 Å². The lowest BCUT2D eigenvalue weighted by molar-refractivity contribution is -0.123. The van der Waals surface area contributed by atoms with E-state index in [1.807, 2.05) is 60.8 Å². The predicted molar refractivity (Wildman–Crippen MR) is 113 cm³/mol. The summed E-state index contributed by atoms with van der Waals surface area (Å²) in [5, 5.41) is 5.86. The fraction of sp³-hybridized carbons (Fsp3) is 0.130. The van der Waals surface area contributed by atoms with E-state index in [2.05, 4.69) is 5.32 Å². The van der Waals surface area contributed by atoms with Gasteiger partial charge in [0.15, 0.2) is 6.61 Å². The summed E-state index contributed by atoms with van der Waals surface area (Å²) in [5.74, 6) is 0.229. The van der Waals surface area contributed by atoms with Gasteiger partial charge in [0, 0.05) is 22.4 Å². The molecule has 0 spiro atoms. The molecule has 0 saturated carbocycles. The Bertz CT molecular complexity index is 1180. The van der Waals surface area contributed by atoms with E-state index in [1.54, 1.807) is 23.5 Å². The summed E-state index contributed by atoms with van der Waals surface area (Å²) in [6.45, 7) is 1.71. The molecule has 2 heterocycles. The predicted octanol–water partition coefficient (Wildman–Crippen LogP) is 4.45. The van der Waals surface area contributed by atoms with Crippen LogP contribution in [0.3, 0.4) is 0 Å². The zero-order valence-electron chi connectivity index (χ0n) is 15.8. The molecule has 1 N–H and O–H groups in total. The van der Waals surface area contributed by atoms with Gasteiger partial charge in [-0.25, -0.2) is 4.79 Å². The number of fused-ring (bicyclic) bond motifs is 1. The van der Waals surface area contributed by atoms with Gasteiger partial charge in [-0.3, -0.25) is 4.79 Å². The third-order valence-corrected chi connectivity index (χ3v) is 5.50. The minimum Gasteiger partial charge on any atom is -0.484 e. The van der Waals surface area contributed by atoms with Crippen LogP contribution in [0.4, 0.5) is 0 Å². The average Bonchev–Trinajstić information content (AvgIpc) is 3.25. The number of hydrogen-bond donors (Lipinski definition) is 1. The highest BCUT2D eigenvalue weighted by atomic mass is 32.1. The monoisotopic (exact) mass is 405 g/mol. The molecule has 146 valence electrons. The fourth-order valence-corrected chi connectivity index (χ4v) is 3.97. The van der Waals surface area contributed by atoms with Crippen LogP contribution in [0, 0.1) is 6.92 Å². The fourth-order valence-electron chi connectivity index (χ4n) is 3.17. The van der Waals surface area contributed by atoms with Crippen molar-refractivity contribution in [2.24, 2.45) is 0 Å². The van der Waals surface area contributed by atoms with E-state index < -0.39 is 5.63 Å². The Kier molecular flexibility index (Phi) is 5.44. The molecule has 6 heteroatoms. The molecule has 0 unspecified atom stereocenters. The maximum atomic E-state index is 12.6. The topological polar surface area (TPSA) is 68.5 Å². The van der Waals surface area contributed by atoms with Gasteiger partial charge in [0.25, 0.3) is 5.91 Å². The lowest BCUT2D eigenvalue weighted by Gasteiger charge is -2.18. The Labute approximate surface area is 171 Å². The highest BCUT2D eigenvalue weighted by Crippen LogP contribution is 2.26. The lowest BCUT2D eigenvalue weighted by atomic mass is 10.1. The van der Waals surface area contributed by atoms with Crippen LogP contribution in [0.2, 0.25) is 0 Å². The zero-order valence-corrected chi connectivity index (χ0v) is 16.6. The maximum Gasteiger partial charge on any atom is 0.336 e. The van der Waals surface area contributed by atoms with E-state index >= 15 is 0 Å². The molecular weight excluding hydrogens is 386 g/mol. The Morgan fingerprint density at radius 2 is 1.93 bits per heavy atom. The van der Waals surface area contributed by atoms with Gasteiger partial charge in [-0.05, 0) is 41.6 Å². The highest BCUT2D eigenvalue weighted by molar-refractivity contribution is 7.10. The molecule has 0 bridgehead atoms. The molecular formula is C23H19NO4S. The zero-order chi connectivity index (χ0) is 20.2. The Hall–Kier alpha value is -3.38. The summed E-state index contributed by atoms with van der Waals surface area (Å²) in [6, 6.07) is 20.2. The largest absolute Gasteiger partial charge is 0.484 e. The maximum absolute atomic E-state index is 12.6. The molecule has 0 aliphatic heterocycles. The number of carbonyl (C=O) groups excluding carboxylic acids is 1. The van der Waals surface area contributed by atoms with Crippen LogP contribution in [0.5, 0.6) is 5.75 Å². The lowest BCUT2D eigenvalue weighted by Crippen LogP contribution is -2.32. The Morgan fingerprint density at radius 3 is 2.69 bits per heavy atom. The first-order chi connectivity index (χ1) is 14.1. The Balaban J connectivity index is 1.47. The first-order valence-electron chi connectivity index (χ1n) is 9.15. The van der Waals surface area contributed by atoms with Crippen molar-refractivity contribution in [2.45, 2.75) is 13.0 Å². The summed E-state index contributed by atoms with van der Waals surface area (Å²) in [6.07, 6.45) is 0. The van der Waals surface area contributed by atoms with Crippen molar-refractivity contribution in [3.05, 3.63) is 98.5 Å². The number of thiophene rings is 1. The molecule has 4 rings (SSSR count). The van der Waals surface area contributed by atoms with Gasteiger partial charge in [-0.15, -0.1) is 11.3 Å². The number of ether oxygens (including phenoxy) is 1. The molecule has 0 saturated heterocycles. The first-order valence-corrected chi connectivity index (χ1v) is 10.0. The number of amides is 1. The molecule has 1 amide bonds. The number of carbonyl (C=O) groups is 1. The molecule has 4 aromatic rings. The quantitative estimate of drug-likeness (QED) is 0.481. The molecule has 0 radical (unpaired) electrons. The smallest absolute Gasteiger partial charge is 0.336 e. The third-order valence-electron chi connectivity index (χ3n) is 4.56. The summed E-state index contributed by atoms with van der Waals surface area (Å²) in [4.78, 5) is 25.2. The average molecular weight is 405 g/mol. The minimum atomic E-state index is -0.411. The standard InChI is InChI=1S/C23H19NO4S/c1-15-12-22(26)28-19-13-17(9-10-18(15)19)27-14-21(25)24-23(20-8-5-11-29-20)16-6-3-2-4-7-16/h2-13,23H,14H2,1H3,(H,24,25)/t23-/m0/s1. The molecule has 2 aromatic heterocycles. The van der Waals surface area contributed by atoms with Crippen molar-refractivity contribution in [3.63, 3.8) is 0 Å². The van der Waals surface area contributed by atoms with Gasteiger partial charge in [0.1, 0.15) is 11.3 Å². The molecule has 1 atom stereocenters. The molecule has 0 aliphatic rings. The highest BCUT2D eigenvalue weighted by Gasteiger charge is 2.18. The number of benzene rings is 2. The Morgan fingerprint density at radius 1 is 1.10 bits per heavy atom. The first kappa shape index (κ1) is 19.0. The second kappa shape index (κ2) is 8.32. The van der Waals surface area contributed by atoms with Crippen molar-refractivity contribution < 1.29 is 13.9 Å². The van der Waals surface area contributed by atoms with Crippen LogP contribution in [0.15, 0.2) is 81.3 Å². The van der Waals surface area contributed by atoms with Crippen molar-refractivity contribution in [2.75, 3.05) is 6.61 Å². The second-order valence-corrected chi connectivity index (χ2v) is 7.60. The molecule has 5 nitrogen and oxygen atoms in total. The number of rotatable bonds is 6. The molecule has 0 aliphatic carbocycles. The summed E-state index contributed by atoms with van der Waals surface area (Å²) in [5.41, 5.74) is 1.87. The van der Waals surface area contributed by atoms with E-state index in [1.165, 1.54) is 6.07 Å². The summed E-state index contributed by atoms with van der Waals surface area (Å²) < 4.78 is 10.9. The van der Waals surface area contributed by atoms with Crippen LogP contribution in [-0.2, 0) is 4.79 Å². The normalized spacial score (nSPS) is 11.9. The summed E-state index contributed by atoms with van der Waals surface area (Å²) in [7, 11) is 0.